The second kappa shape index (κ2) is 5.91. The van der Waals surface area contributed by atoms with Gasteiger partial charge in [0, 0.05) is 25.3 Å². The molecule has 1 fully saturated rings. The number of carbonyl (C=O) groups is 2. The molecule has 0 radical (unpaired) electrons. The molecule has 1 N–H and O–H groups in total. The molecule has 1 aromatic carbocycles. The van der Waals surface area contributed by atoms with Crippen molar-refractivity contribution in [1.82, 2.24) is 4.90 Å². The van der Waals surface area contributed by atoms with Gasteiger partial charge in [0.25, 0.3) is 0 Å². The molecule has 0 spiro atoms. The van der Waals surface area contributed by atoms with E-state index in [2.05, 4.69) is 0 Å². The van der Waals surface area contributed by atoms with Crippen molar-refractivity contribution in [2.45, 2.75) is 44.1 Å². The number of carboxylic acid groups (broad SMARTS) is 1. The minimum Gasteiger partial charge on any atom is -0.479 e. The van der Waals surface area contributed by atoms with E-state index >= 15 is 0 Å². The van der Waals surface area contributed by atoms with E-state index in [1.165, 1.54) is 4.90 Å². The summed E-state index contributed by atoms with van der Waals surface area (Å²) in [7, 11) is 0. The van der Waals surface area contributed by atoms with Gasteiger partial charge in [0.15, 0.2) is 6.04 Å². The molecule has 2 aliphatic rings. The van der Waals surface area contributed by atoms with Crippen LogP contribution in [0.25, 0.3) is 0 Å². The van der Waals surface area contributed by atoms with Crippen molar-refractivity contribution in [3.8, 4) is 0 Å². The van der Waals surface area contributed by atoms with Gasteiger partial charge in [0.1, 0.15) is 0 Å². The van der Waals surface area contributed by atoms with Crippen LogP contribution in [0.15, 0.2) is 24.3 Å². The van der Waals surface area contributed by atoms with Gasteiger partial charge in [0.05, 0.1) is 0 Å². The van der Waals surface area contributed by atoms with E-state index in [0.717, 1.165) is 5.56 Å². The first-order chi connectivity index (χ1) is 10.9. The average Bonchev–Trinajstić information content (AvgIpc) is 2.53. The fraction of sp³-hybridized carbons (Fsp3) is 0.529. The summed E-state index contributed by atoms with van der Waals surface area (Å²) in [5, 5.41) is 9.57. The maximum atomic E-state index is 13.3. The molecule has 1 saturated carbocycles. The first-order valence-corrected chi connectivity index (χ1v) is 7.88. The number of nitrogens with zero attached hydrogens (tertiary/aromatic N) is 1. The third-order valence-electron chi connectivity index (χ3n) is 4.87. The Labute approximate surface area is 133 Å². The lowest BCUT2D eigenvalue weighted by atomic mass is 9.84. The lowest BCUT2D eigenvalue weighted by Crippen LogP contribution is -2.47. The van der Waals surface area contributed by atoms with Crippen molar-refractivity contribution in [1.29, 1.82) is 0 Å². The Bertz CT molecular complexity index is 622. The molecule has 23 heavy (non-hydrogen) atoms. The van der Waals surface area contributed by atoms with E-state index in [9.17, 15) is 23.5 Å². The fourth-order valence-corrected chi connectivity index (χ4v) is 3.59. The number of fused-ring (bicyclic) bond motifs is 1. The van der Waals surface area contributed by atoms with Crippen LogP contribution in [0, 0.1) is 5.92 Å². The summed E-state index contributed by atoms with van der Waals surface area (Å²) in [6.45, 7) is 0.319. The Morgan fingerprint density at radius 2 is 1.83 bits per heavy atom. The minimum absolute atomic E-state index is 0.121. The second-order valence-corrected chi connectivity index (χ2v) is 6.35. The molecule has 3 rings (SSSR count). The molecule has 1 aliphatic heterocycles. The smallest absolute Gasteiger partial charge is 0.331 e. The van der Waals surface area contributed by atoms with E-state index in [-0.39, 0.29) is 31.6 Å². The molecule has 1 aromatic rings. The van der Waals surface area contributed by atoms with E-state index in [0.29, 0.717) is 18.5 Å². The molecule has 1 heterocycles. The number of carbonyl (C=O) groups excluding carboxylic acids is 1. The molecular formula is C17H19F2NO3. The van der Waals surface area contributed by atoms with Crippen LogP contribution in [0.4, 0.5) is 8.78 Å². The van der Waals surface area contributed by atoms with E-state index in [1.54, 1.807) is 12.1 Å². The maximum absolute atomic E-state index is 13.3. The molecule has 6 heteroatoms. The molecule has 4 nitrogen and oxygen atoms in total. The number of rotatable bonds is 2. The Hall–Kier alpha value is -1.98. The summed E-state index contributed by atoms with van der Waals surface area (Å²) < 4.78 is 26.5. The molecule has 1 aliphatic carbocycles. The number of halogens is 2. The predicted octanol–water partition coefficient (Wildman–Crippen LogP) is 3.02. The zero-order valence-corrected chi connectivity index (χ0v) is 12.7. The number of benzene rings is 1. The molecule has 1 atom stereocenters. The lowest BCUT2D eigenvalue weighted by Gasteiger charge is -2.38. The molecule has 0 saturated heterocycles. The molecular weight excluding hydrogens is 304 g/mol. The van der Waals surface area contributed by atoms with Gasteiger partial charge < -0.3 is 10.0 Å². The molecule has 1 amide bonds. The number of carboxylic acids is 1. The van der Waals surface area contributed by atoms with Gasteiger partial charge in [-0.3, -0.25) is 4.79 Å². The Kier molecular flexibility index (Phi) is 4.08. The van der Waals surface area contributed by atoms with Crippen molar-refractivity contribution >= 4 is 11.9 Å². The van der Waals surface area contributed by atoms with Crippen molar-refractivity contribution in [2.75, 3.05) is 6.54 Å². The van der Waals surface area contributed by atoms with E-state index in [1.807, 2.05) is 12.1 Å². The maximum Gasteiger partial charge on any atom is 0.331 e. The normalized spacial score (nSPS) is 24.1. The highest BCUT2D eigenvalue weighted by Crippen LogP contribution is 2.39. The van der Waals surface area contributed by atoms with Crippen LogP contribution in [0.2, 0.25) is 0 Å². The van der Waals surface area contributed by atoms with Crippen molar-refractivity contribution in [2.24, 2.45) is 5.92 Å². The standard InChI is InChI=1S/C17H19F2NO3/c18-17(19)8-5-12(6-9-17)15(21)20-10-7-11-3-1-2-4-13(11)14(20)16(22)23/h1-4,12,14H,5-10H2,(H,22,23). The van der Waals surface area contributed by atoms with Crippen molar-refractivity contribution in [3.63, 3.8) is 0 Å². The van der Waals surface area contributed by atoms with E-state index in [4.69, 9.17) is 0 Å². The SMILES string of the molecule is O=C(O)C1c2ccccc2CCN1C(=O)C1CCC(F)(F)CC1. The van der Waals surface area contributed by atoms with Crippen molar-refractivity contribution in [3.05, 3.63) is 35.4 Å². The van der Waals surface area contributed by atoms with Gasteiger partial charge in [-0.15, -0.1) is 0 Å². The Morgan fingerprint density at radius 1 is 1.17 bits per heavy atom. The predicted molar refractivity (Wildman–Crippen MR) is 79.1 cm³/mol. The zero-order valence-electron chi connectivity index (χ0n) is 12.7. The summed E-state index contributed by atoms with van der Waals surface area (Å²) in [4.78, 5) is 25.8. The van der Waals surface area contributed by atoms with Crippen LogP contribution in [-0.4, -0.2) is 34.4 Å². The molecule has 0 bridgehead atoms. The second-order valence-electron chi connectivity index (χ2n) is 6.35. The third kappa shape index (κ3) is 3.07. The molecule has 1 unspecified atom stereocenters. The van der Waals surface area contributed by atoms with Gasteiger partial charge in [-0.05, 0) is 30.4 Å². The highest BCUT2D eigenvalue weighted by atomic mass is 19.3. The Morgan fingerprint density at radius 3 is 2.48 bits per heavy atom. The summed E-state index contributed by atoms with van der Waals surface area (Å²) in [5.74, 6) is -4.58. The molecule has 124 valence electrons. The quantitative estimate of drug-likeness (QED) is 0.910. The number of alkyl halides is 2. The zero-order chi connectivity index (χ0) is 16.6. The van der Waals surface area contributed by atoms with Gasteiger partial charge in [-0.2, -0.15) is 0 Å². The lowest BCUT2D eigenvalue weighted by molar-refractivity contribution is -0.155. The third-order valence-corrected chi connectivity index (χ3v) is 4.87. The van der Waals surface area contributed by atoms with Crippen LogP contribution in [0.3, 0.4) is 0 Å². The number of amides is 1. The van der Waals surface area contributed by atoms with Crippen LogP contribution in [0.5, 0.6) is 0 Å². The highest BCUT2D eigenvalue weighted by molar-refractivity contribution is 5.87. The first kappa shape index (κ1) is 15.9. The van der Waals surface area contributed by atoms with Crippen LogP contribution >= 0.6 is 0 Å². The monoisotopic (exact) mass is 323 g/mol. The van der Waals surface area contributed by atoms with Crippen LogP contribution in [-0.2, 0) is 16.0 Å². The number of hydrogen-bond acceptors (Lipinski definition) is 2. The van der Waals surface area contributed by atoms with Gasteiger partial charge in [-0.25, -0.2) is 13.6 Å². The number of hydrogen-bond donors (Lipinski definition) is 1. The summed E-state index contributed by atoms with van der Waals surface area (Å²) >= 11 is 0. The molecule has 0 aromatic heterocycles. The summed E-state index contributed by atoms with van der Waals surface area (Å²) in [6, 6.07) is 6.18. The summed E-state index contributed by atoms with van der Waals surface area (Å²) in [5.41, 5.74) is 1.56. The summed E-state index contributed by atoms with van der Waals surface area (Å²) in [6.07, 6.45) is 0.234. The van der Waals surface area contributed by atoms with Crippen LogP contribution < -0.4 is 0 Å². The number of aliphatic carboxylic acids is 1. The largest absolute Gasteiger partial charge is 0.479 e. The fourth-order valence-electron chi connectivity index (χ4n) is 3.59. The highest BCUT2D eigenvalue weighted by Gasteiger charge is 2.42. The Balaban J connectivity index is 1.82. The van der Waals surface area contributed by atoms with Gasteiger partial charge >= 0.3 is 5.97 Å². The van der Waals surface area contributed by atoms with Gasteiger partial charge in [-0.1, -0.05) is 24.3 Å². The van der Waals surface area contributed by atoms with Crippen molar-refractivity contribution < 1.29 is 23.5 Å². The van der Waals surface area contributed by atoms with Crippen LogP contribution in [0.1, 0.15) is 42.9 Å². The first-order valence-electron chi connectivity index (χ1n) is 7.88. The average molecular weight is 323 g/mol. The topological polar surface area (TPSA) is 57.6 Å². The van der Waals surface area contributed by atoms with Gasteiger partial charge in [0.2, 0.25) is 11.8 Å². The van der Waals surface area contributed by atoms with E-state index < -0.39 is 23.9 Å². The minimum atomic E-state index is -2.70.